The number of Topliss-reactive ketones (excluding diaryl/α,β-unsaturated/α-hetero) is 1. The van der Waals surface area contributed by atoms with Crippen molar-refractivity contribution >= 4 is 11.8 Å². The summed E-state index contributed by atoms with van der Waals surface area (Å²) in [6.07, 6.45) is 0.916. The van der Waals surface area contributed by atoms with E-state index in [1.807, 2.05) is 0 Å². The molecule has 2 unspecified atom stereocenters. The minimum absolute atomic E-state index is 0.124. The largest absolute Gasteiger partial charge is 0.464 e. The monoisotopic (exact) mass is 186 g/mol. The molecule has 0 saturated heterocycles. The Kier molecular flexibility index (Phi) is 1.68. The van der Waals surface area contributed by atoms with Gasteiger partial charge in [-0.1, -0.05) is 0 Å². The van der Waals surface area contributed by atoms with Crippen LogP contribution in [-0.2, 0) is 14.3 Å². The van der Waals surface area contributed by atoms with E-state index in [9.17, 15) is 14.0 Å². The minimum Gasteiger partial charge on any atom is -0.464 e. The first-order valence-corrected chi connectivity index (χ1v) is 4.51. The first-order chi connectivity index (χ1) is 6.12. The Balaban J connectivity index is 2.09. The highest BCUT2D eigenvalue weighted by Gasteiger charge is 2.77. The standard InChI is InChI=1S/C9H11FO3/c1-2-13-8(12)9(10)5-3-4-6(11)7(5)9/h5,7H,2-4H2,1H3/t5?,7?,9-/m1/s1. The van der Waals surface area contributed by atoms with E-state index < -0.39 is 17.6 Å². The van der Waals surface area contributed by atoms with Gasteiger partial charge in [0, 0.05) is 12.3 Å². The maximum absolute atomic E-state index is 13.7. The van der Waals surface area contributed by atoms with Crippen LogP contribution in [0, 0.1) is 11.8 Å². The van der Waals surface area contributed by atoms with Gasteiger partial charge in [0.05, 0.1) is 12.5 Å². The summed E-state index contributed by atoms with van der Waals surface area (Å²) in [4.78, 5) is 22.2. The number of fused-ring (bicyclic) bond motifs is 1. The number of halogens is 1. The number of alkyl halides is 1. The second-order valence-corrected chi connectivity index (χ2v) is 3.58. The Hall–Kier alpha value is -0.930. The van der Waals surface area contributed by atoms with E-state index >= 15 is 0 Å². The number of rotatable bonds is 2. The molecule has 3 atom stereocenters. The topological polar surface area (TPSA) is 43.4 Å². The molecule has 0 amide bonds. The summed E-state index contributed by atoms with van der Waals surface area (Å²) < 4.78 is 18.3. The molecular weight excluding hydrogens is 175 g/mol. The molecule has 2 fully saturated rings. The molecule has 0 radical (unpaired) electrons. The molecule has 0 aromatic rings. The molecule has 4 heteroatoms. The van der Waals surface area contributed by atoms with Crippen molar-refractivity contribution in [2.24, 2.45) is 11.8 Å². The molecule has 3 nitrogen and oxygen atoms in total. The summed E-state index contributed by atoms with van der Waals surface area (Å²) in [7, 11) is 0. The molecular formula is C9H11FO3. The van der Waals surface area contributed by atoms with Crippen LogP contribution >= 0.6 is 0 Å². The first kappa shape index (κ1) is 8.66. The number of ether oxygens (including phenoxy) is 1. The van der Waals surface area contributed by atoms with Crippen molar-refractivity contribution in [3.63, 3.8) is 0 Å². The van der Waals surface area contributed by atoms with Crippen LogP contribution in [0.15, 0.2) is 0 Å². The van der Waals surface area contributed by atoms with Crippen LogP contribution in [0.4, 0.5) is 4.39 Å². The summed E-state index contributed by atoms with van der Waals surface area (Å²) in [5.74, 6) is -2.05. The molecule has 0 N–H and O–H groups in total. The summed E-state index contributed by atoms with van der Waals surface area (Å²) >= 11 is 0. The third kappa shape index (κ3) is 0.943. The molecule has 0 heterocycles. The Morgan fingerprint density at radius 1 is 1.77 bits per heavy atom. The van der Waals surface area contributed by atoms with Crippen molar-refractivity contribution < 1.29 is 18.7 Å². The molecule has 0 aromatic carbocycles. The SMILES string of the molecule is CCOC(=O)[C@@]1(F)C2CCC(=O)C21. The molecule has 2 saturated carbocycles. The number of carbonyl (C=O) groups is 2. The van der Waals surface area contributed by atoms with Gasteiger partial charge in [-0.15, -0.1) is 0 Å². The first-order valence-electron chi connectivity index (χ1n) is 4.51. The highest BCUT2D eigenvalue weighted by Crippen LogP contribution is 2.61. The maximum atomic E-state index is 13.7. The van der Waals surface area contributed by atoms with E-state index in [0.29, 0.717) is 12.8 Å². The summed E-state index contributed by atoms with van der Waals surface area (Å²) in [5, 5.41) is 0. The lowest BCUT2D eigenvalue weighted by Gasteiger charge is -2.08. The van der Waals surface area contributed by atoms with Crippen LogP contribution in [-0.4, -0.2) is 24.0 Å². The van der Waals surface area contributed by atoms with E-state index in [0.717, 1.165) is 0 Å². The maximum Gasteiger partial charge on any atom is 0.344 e. The molecule has 2 aliphatic rings. The average Bonchev–Trinajstić information content (AvgIpc) is 2.47. The van der Waals surface area contributed by atoms with Gasteiger partial charge in [0.25, 0.3) is 0 Å². The van der Waals surface area contributed by atoms with Gasteiger partial charge in [0.2, 0.25) is 5.67 Å². The zero-order valence-corrected chi connectivity index (χ0v) is 7.38. The Morgan fingerprint density at radius 2 is 2.46 bits per heavy atom. The zero-order chi connectivity index (χ0) is 9.64. The molecule has 72 valence electrons. The highest BCUT2D eigenvalue weighted by atomic mass is 19.1. The number of ketones is 1. The van der Waals surface area contributed by atoms with Crippen molar-refractivity contribution in [2.45, 2.75) is 25.4 Å². The molecule has 0 aromatic heterocycles. The van der Waals surface area contributed by atoms with Gasteiger partial charge in [0.15, 0.2) is 0 Å². The normalized spacial score (nSPS) is 41.5. The predicted octanol–water partition coefficient (Wildman–Crippen LogP) is 0.867. The van der Waals surface area contributed by atoms with Crippen molar-refractivity contribution in [3.05, 3.63) is 0 Å². The second-order valence-electron chi connectivity index (χ2n) is 3.58. The van der Waals surface area contributed by atoms with Crippen LogP contribution < -0.4 is 0 Å². The van der Waals surface area contributed by atoms with Crippen molar-refractivity contribution in [3.8, 4) is 0 Å². The fourth-order valence-electron chi connectivity index (χ4n) is 2.23. The molecule has 13 heavy (non-hydrogen) atoms. The number of hydrogen-bond donors (Lipinski definition) is 0. The Morgan fingerprint density at radius 3 is 2.92 bits per heavy atom. The molecule has 2 aliphatic carbocycles. The number of esters is 1. The lowest BCUT2D eigenvalue weighted by Crippen LogP contribution is -2.28. The molecule has 0 bridgehead atoms. The van der Waals surface area contributed by atoms with E-state index in [-0.39, 0.29) is 18.3 Å². The third-order valence-corrected chi connectivity index (χ3v) is 2.92. The third-order valence-electron chi connectivity index (χ3n) is 2.92. The lowest BCUT2D eigenvalue weighted by atomic mass is 10.1. The van der Waals surface area contributed by atoms with Crippen molar-refractivity contribution in [2.75, 3.05) is 6.61 Å². The van der Waals surface area contributed by atoms with Crippen LogP contribution in [0.1, 0.15) is 19.8 Å². The van der Waals surface area contributed by atoms with Gasteiger partial charge in [-0.2, -0.15) is 0 Å². The smallest absolute Gasteiger partial charge is 0.344 e. The van der Waals surface area contributed by atoms with E-state index in [1.54, 1.807) is 6.92 Å². The van der Waals surface area contributed by atoms with Crippen molar-refractivity contribution in [1.82, 2.24) is 0 Å². The van der Waals surface area contributed by atoms with E-state index in [4.69, 9.17) is 0 Å². The summed E-state index contributed by atoms with van der Waals surface area (Å²) in [5.41, 5.74) is -1.97. The van der Waals surface area contributed by atoms with Crippen LogP contribution in [0.25, 0.3) is 0 Å². The Bertz CT molecular complexity index is 276. The second kappa shape index (κ2) is 2.53. The minimum atomic E-state index is -1.97. The van der Waals surface area contributed by atoms with E-state index in [1.165, 1.54) is 0 Å². The van der Waals surface area contributed by atoms with Crippen LogP contribution in [0.5, 0.6) is 0 Å². The highest BCUT2D eigenvalue weighted by molar-refractivity contribution is 5.99. The predicted molar refractivity (Wildman–Crippen MR) is 41.7 cm³/mol. The fourth-order valence-corrected chi connectivity index (χ4v) is 2.23. The summed E-state index contributed by atoms with van der Waals surface area (Å²) in [6, 6.07) is 0. The van der Waals surface area contributed by atoms with Crippen molar-refractivity contribution in [1.29, 1.82) is 0 Å². The molecule has 0 spiro atoms. The summed E-state index contributed by atoms with van der Waals surface area (Å²) in [6.45, 7) is 1.79. The van der Waals surface area contributed by atoms with Gasteiger partial charge in [-0.3, -0.25) is 4.79 Å². The number of hydrogen-bond acceptors (Lipinski definition) is 3. The average molecular weight is 186 g/mol. The molecule has 2 rings (SSSR count). The van der Waals surface area contributed by atoms with Gasteiger partial charge < -0.3 is 4.74 Å². The van der Waals surface area contributed by atoms with E-state index in [2.05, 4.69) is 4.74 Å². The zero-order valence-electron chi connectivity index (χ0n) is 7.38. The van der Waals surface area contributed by atoms with Gasteiger partial charge in [-0.25, -0.2) is 9.18 Å². The quantitative estimate of drug-likeness (QED) is 0.601. The van der Waals surface area contributed by atoms with Gasteiger partial charge in [0.1, 0.15) is 5.78 Å². The number of carbonyl (C=O) groups excluding carboxylic acids is 2. The molecule has 0 aliphatic heterocycles. The van der Waals surface area contributed by atoms with Gasteiger partial charge >= 0.3 is 5.97 Å². The van der Waals surface area contributed by atoms with Crippen LogP contribution in [0.3, 0.4) is 0 Å². The van der Waals surface area contributed by atoms with Gasteiger partial charge in [-0.05, 0) is 13.3 Å². The lowest BCUT2D eigenvalue weighted by molar-refractivity contribution is -0.153. The Labute approximate surface area is 75.2 Å². The van der Waals surface area contributed by atoms with Crippen LogP contribution in [0.2, 0.25) is 0 Å². The fraction of sp³-hybridized carbons (Fsp3) is 0.778.